The third-order valence-corrected chi connectivity index (χ3v) is 4.81. The van der Waals surface area contributed by atoms with Crippen molar-refractivity contribution in [1.82, 2.24) is 10.3 Å². The van der Waals surface area contributed by atoms with E-state index in [2.05, 4.69) is 52.0 Å². The number of anilines is 1. The van der Waals surface area contributed by atoms with Crippen molar-refractivity contribution in [1.29, 1.82) is 0 Å². The molecular weight excluding hydrogens is 278 g/mol. The van der Waals surface area contributed by atoms with Gasteiger partial charge in [-0.2, -0.15) is 0 Å². The standard InChI is InChI=1S/C13H20BrN3/c1-10-4-7-16-12(11(10)14)17-8-5-13(2,15-3)6-9-17/h4,7,15H,5-6,8-9H2,1-3H3. The van der Waals surface area contributed by atoms with E-state index in [1.807, 2.05) is 12.3 Å². The zero-order valence-corrected chi connectivity index (χ0v) is 12.3. The van der Waals surface area contributed by atoms with Crippen LogP contribution in [-0.2, 0) is 0 Å². The van der Waals surface area contributed by atoms with E-state index < -0.39 is 0 Å². The molecule has 0 aliphatic carbocycles. The molecule has 0 saturated carbocycles. The molecule has 1 aromatic rings. The molecule has 0 radical (unpaired) electrons. The first-order valence-corrected chi connectivity index (χ1v) is 6.90. The second-order valence-electron chi connectivity index (χ2n) is 5.06. The minimum atomic E-state index is 0.285. The maximum Gasteiger partial charge on any atom is 0.143 e. The molecule has 4 heteroatoms. The first kappa shape index (κ1) is 12.8. The summed E-state index contributed by atoms with van der Waals surface area (Å²) in [7, 11) is 2.05. The lowest BCUT2D eigenvalue weighted by Crippen LogP contribution is -2.50. The van der Waals surface area contributed by atoms with Gasteiger partial charge in [0.2, 0.25) is 0 Å². The van der Waals surface area contributed by atoms with Crippen LogP contribution < -0.4 is 10.2 Å². The molecule has 1 saturated heterocycles. The lowest BCUT2D eigenvalue weighted by Gasteiger charge is -2.40. The van der Waals surface area contributed by atoms with Crippen molar-refractivity contribution in [2.24, 2.45) is 0 Å². The van der Waals surface area contributed by atoms with Gasteiger partial charge in [-0.3, -0.25) is 0 Å². The van der Waals surface area contributed by atoms with Crippen molar-refractivity contribution in [2.45, 2.75) is 32.2 Å². The molecule has 0 amide bonds. The van der Waals surface area contributed by atoms with Gasteiger partial charge in [-0.15, -0.1) is 0 Å². The summed E-state index contributed by atoms with van der Waals surface area (Å²) in [6, 6.07) is 2.04. The molecule has 1 aliphatic heterocycles. The van der Waals surface area contributed by atoms with Gasteiger partial charge >= 0.3 is 0 Å². The molecule has 2 rings (SSSR count). The van der Waals surface area contributed by atoms with Crippen LogP contribution in [0.25, 0.3) is 0 Å². The molecule has 0 unspecified atom stereocenters. The van der Waals surface area contributed by atoms with Crippen LogP contribution in [0.1, 0.15) is 25.3 Å². The molecule has 0 bridgehead atoms. The fraction of sp³-hybridized carbons (Fsp3) is 0.615. The topological polar surface area (TPSA) is 28.2 Å². The minimum Gasteiger partial charge on any atom is -0.356 e. The molecule has 0 spiro atoms. The number of hydrogen-bond donors (Lipinski definition) is 1. The van der Waals surface area contributed by atoms with Crippen LogP contribution in [0.5, 0.6) is 0 Å². The average molecular weight is 298 g/mol. The predicted octanol–water partition coefficient (Wildman–Crippen LogP) is 2.73. The van der Waals surface area contributed by atoms with Gasteiger partial charge < -0.3 is 10.2 Å². The van der Waals surface area contributed by atoms with Crippen LogP contribution in [0, 0.1) is 6.92 Å². The Hall–Kier alpha value is -0.610. The molecule has 1 N–H and O–H groups in total. The smallest absolute Gasteiger partial charge is 0.143 e. The van der Waals surface area contributed by atoms with E-state index in [0.29, 0.717) is 0 Å². The number of pyridine rings is 1. The number of halogens is 1. The zero-order valence-electron chi connectivity index (χ0n) is 10.8. The van der Waals surface area contributed by atoms with E-state index in [1.165, 1.54) is 5.56 Å². The molecule has 2 heterocycles. The molecule has 3 nitrogen and oxygen atoms in total. The summed E-state index contributed by atoms with van der Waals surface area (Å²) in [5, 5.41) is 3.42. The number of rotatable bonds is 2. The number of nitrogens with one attached hydrogen (secondary N) is 1. The van der Waals surface area contributed by atoms with E-state index >= 15 is 0 Å². The Labute approximate surface area is 112 Å². The predicted molar refractivity (Wildman–Crippen MR) is 75.6 cm³/mol. The number of hydrogen-bond acceptors (Lipinski definition) is 3. The highest BCUT2D eigenvalue weighted by Crippen LogP contribution is 2.31. The van der Waals surface area contributed by atoms with E-state index in [-0.39, 0.29) is 5.54 Å². The van der Waals surface area contributed by atoms with Crippen LogP contribution in [0.2, 0.25) is 0 Å². The normalized spacial score (nSPS) is 19.4. The Morgan fingerprint density at radius 3 is 2.65 bits per heavy atom. The third-order valence-electron chi connectivity index (χ3n) is 3.83. The van der Waals surface area contributed by atoms with Gasteiger partial charge in [-0.25, -0.2) is 4.98 Å². The Morgan fingerprint density at radius 2 is 2.06 bits per heavy atom. The van der Waals surface area contributed by atoms with E-state index in [0.717, 1.165) is 36.2 Å². The Kier molecular flexibility index (Phi) is 3.73. The highest BCUT2D eigenvalue weighted by atomic mass is 79.9. The highest BCUT2D eigenvalue weighted by molar-refractivity contribution is 9.10. The first-order chi connectivity index (χ1) is 8.06. The summed E-state index contributed by atoms with van der Waals surface area (Å²) in [5.41, 5.74) is 1.53. The second kappa shape index (κ2) is 4.94. The van der Waals surface area contributed by atoms with Crippen molar-refractivity contribution in [3.05, 3.63) is 22.3 Å². The molecule has 0 atom stereocenters. The highest BCUT2D eigenvalue weighted by Gasteiger charge is 2.29. The van der Waals surface area contributed by atoms with Crippen molar-refractivity contribution in [2.75, 3.05) is 25.0 Å². The van der Waals surface area contributed by atoms with Crippen molar-refractivity contribution in [3.8, 4) is 0 Å². The molecule has 17 heavy (non-hydrogen) atoms. The van der Waals surface area contributed by atoms with Crippen LogP contribution in [-0.4, -0.2) is 30.7 Å². The van der Waals surface area contributed by atoms with Gasteiger partial charge in [0.05, 0.1) is 4.47 Å². The van der Waals surface area contributed by atoms with Crippen LogP contribution in [0.3, 0.4) is 0 Å². The lowest BCUT2D eigenvalue weighted by molar-refractivity contribution is 0.304. The van der Waals surface area contributed by atoms with Gasteiger partial charge in [-0.1, -0.05) is 0 Å². The average Bonchev–Trinajstić information content (AvgIpc) is 2.34. The number of aryl methyl sites for hydroxylation is 1. The summed E-state index contributed by atoms with van der Waals surface area (Å²) in [5.74, 6) is 1.09. The van der Waals surface area contributed by atoms with Crippen molar-refractivity contribution < 1.29 is 0 Å². The number of piperidine rings is 1. The molecule has 94 valence electrons. The first-order valence-electron chi connectivity index (χ1n) is 6.11. The maximum absolute atomic E-state index is 4.50. The van der Waals surface area contributed by atoms with E-state index in [1.54, 1.807) is 0 Å². The Balaban J connectivity index is 2.13. The quantitative estimate of drug-likeness (QED) is 0.910. The van der Waals surface area contributed by atoms with E-state index in [4.69, 9.17) is 0 Å². The van der Waals surface area contributed by atoms with E-state index in [9.17, 15) is 0 Å². The molecule has 1 aliphatic rings. The Bertz CT molecular complexity index is 398. The minimum absolute atomic E-state index is 0.285. The van der Waals surface area contributed by atoms with Crippen molar-refractivity contribution >= 4 is 21.7 Å². The summed E-state index contributed by atoms with van der Waals surface area (Å²) >= 11 is 3.64. The summed E-state index contributed by atoms with van der Waals surface area (Å²) in [4.78, 5) is 6.87. The number of aromatic nitrogens is 1. The maximum atomic E-state index is 4.50. The number of nitrogens with zero attached hydrogens (tertiary/aromatic N) is 2. The van der Waals surface area contributed by atoms with Gasteiger partial charge in [-0.05, 0) is 61.3 Å². The fourth-order valence-electron chi connectivity index (χ4n) is 2.21. The second-order valence-corrected chi connectivity index (χ2v) is 5.86. The molecular formula is C13H20BrN3. The van der Waals surface area contributed by atoms with Crippen LogP contribution >= 0.6 is 15.9 Å². The molecule has 1 aromatic heterocycles. The monoisotopic (exact) mass is 297 g/mol. The summed E-state index contributed by atoms with van der Waals surface area (Å²) in [6.07, 6.45) is 4.21. The van der Waals surface area contributed by atoms with Gasteiger partial charge in [0.25, 0.3) is 0 Å². The largest absolute Gasteiger partial charge is 0.356 e. The fourth-order valence-corrected chi connectivity index (χ4v) is 2.69. The van der Waals surface area contributed by atoms with Crippen molar-refractivity contribution in [3.63, 3.8) is 0 Å². The SMILES string of the molecule is CNC1(C)CCN(c2nccc(C)c2Br)CC1. The zero-order chi connectivity index (χ0) is 12.5. The van der Waals surface area contributed by atoms with Gasteiger partial charge in [0.15, 0.2) is 0 Å². The van der Waals surface area contributed by atoms with Gasteiger partial charge in [0.1, 0.15) is 5.82 Å². The molecule has 0 aromatic carbocycles. The summed E-state index contributed by atoms with van der Waals surface area (Å²) < 4.78 is 1.13. The Morgan fingerprint density at radius 1 is 1.41 bits per heavy atom. The van der Waals surface area contributed by atoms with Crippen LogP contribution in [0.15, 0.2) is 16.7 Å². The lowest BCUT2D eigenvalue weighted by atomic mass is 9.90. The summed E-state index contributed by atoms with van der Waals surface area (Å²) in [6.45, 7) is 6.53. The molecule has 1 fully saturated rings. The van der Waals surface area contributed by atoms with Gasteiger partial charge in [0, 0.05) is 24.8 Å². The third kappa shape index (κ3) is 2.63. The van der Waals surface area contributed by atoms with Crippen LogP contribution in [0.4, 0.5) is 5.82 Å².